The third-order valence-corrected chi connectivity index (χ3v) is 5.60. The number of amidine groups is 1. The van der Waals surface area contributed by atoms with Crippen molar-refractivity contribution >= 4 is 22.8 Å². The van der Waals surface area contributed by atoms with E-state index < -0.39 is 0 Å². The molecule has 0 N–H and O–H groups in total. The van der Waals surface area contributed by atoms with Gasteiger partial charge in [-0.15, -0.1) is 0 Å². The van der Waals surface area contributed by atoms with Gasteiger partial charge in [-0.3, -0.25) is 9.79 Å². The fraction of sp³-hybridized carbons (Fsp3) is 0.556. The van der Waals surface area contributed by atoms with Gasteiger partial charge in [-0.2, -0.15) is 0 Å². The lowest BCUT2D eigenvalue weighted by molar-refractivity contribution is -0.132. The van der Waals surface area contributed by atoms with Crippen LogP contribution in [0.25, 0.3) is 0 Å². The number of ether oxygens (including phenoxy) is 1. The van der Waals surface area contributed by atoms with Crippen molar-refractivity contribution in [3.63, 3.8) is 0 Å². The van der Waals surface area contributed by atoms with E-state index in [1.807, 2.05) is 40.9 Å². The Labute approximate surface area is 148 Å². The van der Waals surface area contributed by atoms with Gasteiger partial charge < -0.3 is 14.5 Å². The molecule has 3 rings (SSSR count). The van der Waals surface area contributed by atoms with Crippen LogP contribution in [0.5, 0.6) is 5.75 Å². The summed E-state index contributed by atoms with van der Waals surface area (Å²) in [6.45, 7) is 6.50. The highest BCUT2D eigenvalue weighted by Crippen LogP contribution is 2.23. The number of thioether (sulfide) groups is 1. The van der Waals surface area contributed by atoms with Gasteiger partial charge in [0.25, 0.3) is 0 Å². The zero-order chi connectivity index (χ0) is 16.9. The minimum atomic E-state index is 0.242. The molecular weight excluding hydrogens is 322 g/mol. The predicted octanol–water partition coefficient (Wildman–Crippen LogP) is 2.26. The van der Waals surface area contributed by atoms with Crippen LogP contribution in [0.2, 0.25) is 0 Å². The van der Waals surface area contributed by atoms with E-state index in [-0.39, 0.29) is 5.91 Å². The van der Waals surface area contributed by atoms with E-state index >= 15 is 0 Å². The average molecular weight is 347 g/mol. The number of aliphatic imine (C=N–C) groups is 1. The summed E-state index contributed by atoms with van der Waals surface area (Å²) in [6.07, 6.45) is 1.32. The number of nitrogens with zero attached hydrogens (tertiary/aromatic N) is 3. The number of carbonyl (C=O) groups is 1. The number of rotatable bonds is 4. The summed E-state index contributed by atoms with van der Waals surface area (Å²) < 4.78 is 5.23. The molecule has 1 atom stereocenters. The maximum absolute atomic E-state index is 12.4. The minimum absolute atomic E-state index is 0.242. The first-order valence-electron chi connectivity index (χ1n) is 8.52. The molecule has 1 unspecified atom stereocenters. The number of benzene rings is 1. The van der Waals surface area contributed by atoms with Crippen molar-refractivity contribution in [2.24, 2.45) is 4.99 Å². The summed E-state index contributed by atoms with van der Waals surface area (Å²) in [5, 5.41) is 1.74. The zero-order valence-corrected chi connectivity index (χ0v) is 15.2. The second-order valence-corrected chi connectivity index (χ2v) is 7.68. The van der Waals surface area contributed by atoms with Gasteiger partial charge in [0.05, 0.1) is 13.7 Å². The molecule has 1 saturated heterocycles. The Kier molecular flexibility index (Phi) is 5.66. The van der Waals surface area contributed by atoms with E-state index in [1.165, 1.54) is 0 Å². The van der Waals surface area contributed by atoms with Crippen molar-refractivity contribution < 1.29 is 9.53 Å². The highest BCUT2D eigenvalue weighted by atomic mass is 32.2. The van der Waals surface area contributed by atoms with Crippen LogP contribution in [0.4, 0.5) is 0 Å². The lowest BCUT2D eigenvalue weighted by Gasteiger charge is -2.35. The van der Waals surface area contributed by atoms with Crippen LogP contribution in [0.15, 0.2) is 29.3 Å². The van der Waals surface area contributed by atoms with Gasteiger partial charge in [-0.1, -0.05) is 30.8 Å². The molecule has 1 amide bonds. The van der Waals surface area contributed by atoms with E-state index in [2.05, 4.69) is 16.8 Å². The van der Waals surface area contributed by atoms with Crippen molar-refractivity contribution in [2.45, 2.75) is 25.0 Å². The van der Waals surface area contributed by atoms with E-state index in [0.29, 0.717) is 11.7 Å². The van der Waals surface area contributed by atoms with E-state index in [1.54, 1.807) is 7.11 Å². The molecule has 0 saturated carbocycles. The Bertz CT molecular complexity index is 612. The number of hydrogen-bond acceptors (Lipinski definition) is 5. The lowest BCUT2D eigenvalue weighted by Crippen LogP contribution is -2.49. The molecular formula is C18H25N3O2S. The van der Waals surface area contributed by atoms with Gasteiger partial charge in [0.1, 0.15) is 5.75 Å². The first-order valence-corrected chi connectivity index (χ1v) is 9.40. The topological polar surface area (TPSA) is 45.1 Å². The van der Waals surface area contributed by atoms with E-state index in [0.717, 1.165) is 55.6 Å². The number of piperazine rings is 1. The average Bonchev–Trinajstić information content (AvgIpc) is 3.06. The third kappa shape index (κ3) is 4.23. The van der Waals surface area contributed by atoms with Gasteiger partial charge in [0.15, 0.2) is 5.17 Å². The molecule has 6 heteroatoms. The van der Waals surface area contributed by atoms with Crippen LogP contribution in [-0.4, -0.2) is 66.0 Å². The number of carbonyl (C=O) groups excluding carboxylic acids is 1. The van der Waals surface area contributed by atoms with Crippen LogP contribution in [0, 0.1) is 0 Å². The summed E-state index contributed by atoms with van der Waals surface area (Å²) in [5.74, 6) is 1.09. The molecule has 0 aliphatic carbocycles. The maximum Gasteiger partial charge on any atom is 0.223 e. The largest absolute Gasteiger partial charge is 0.497 e. The normalized spacial score (nSPS) is 20.9. The zero-order valence-electron chi connectivity index (χ0n) is 14.4. The molecule has 2 aliphatic heterocycles. The Morgan fingerprint density at radius 3 is 2.79 bits per heavy atom. The SMILES string of the molecule is COc1cccc(CCC(=O)N2CCN(C3=NCC(C)S3)CC2)c1. The summed E-state index contributed by atoms with van der Waals surface area (Å²) in [6, 6.07) is 7.94. The third-order valence-electron chi connectivity index (χ3n) is 4.45. The fourth-order valence-electron chi connectivity index (χ4n) is 3.02. The molecule has 1 aromatic carbocycles. The van der Waals surface area contributed by atoms with Crippen LogP contribution in [0.3, 0.4) is 0 Å². The van der Waals surface area contributed by atoms with E-state index in [4.69, 9.17) is 4.74 Å². The summed E-state index contributed by atoms with van der Waals surface area (Å²) in [7, 11) is 1.66. The summed E-state index contributed by atoms with van der Waals surface area (Å²) in [4.78, 5) is 21.3. The van der Waals surface area contributed by atoms with Gasteiger partial charge in [0.2, 0.25) is 5.91 Å². The quantitative estimate of drug-likeness (QED) is 0.838. The van der Waals surface area contributed by atoms with Crippen molar-refractivity contribution in [2.75, 3.05) is 39.8 Å². The molecule has 2 aliphatic rings. The monoisotopic (exact) mass is 347 g/mol. The highest BCUT2D eigenvalue weighted by Gasteiger charge is 2.26. The van der Waals surface area contributed by atoms with Gasteiger partial charge in [-0.05, 0) is 24.1 Å². The molecule has 24 heavy (non-hydrogen) atoms. The Morgan fingerprint density at radius 2 is 2.12 bits per heavy atom. The standard InChI is InChI=1S/C18H25N3O2S/c1-14-13-19-18(24-14)21-10-8-20(9-11-21)17(22)7-6-15-4-3-5-16(12-15)23-2/h3-5,12,14H,6-11,13H2,1-2H3. The maximum atomic E-state index is 12.4. The van der Waals surface area contributed by atoms with Crippen molar-refractivity contribution in [3.8, 4) is 5.75 Å². The lowest BCUT2D eigenvalue weighted by atomic mass is 10.1. The molecule has 2 heterocycles. The molecule has 0 bridgehead atoms. The first kappa shape index (κ1) is 17.1. The van der Waals surface area contributed by atoms with Crippen molar-refractivity contribution in [1.29, 1.82) is 0 Å². The van der Waals surface area contributed by atoms with Gasteiger partial charge >= 0.3 is 0 Å². The second kappa shape index (κ2) is 7.92. The van der Waals surface area contributed by atoms with Gasteiger partial charge in [0, 0.05) is 37.8 Å². The number of aryl methyl sites for hydroxylation is 1. The van der Waals surface area contributed by atoms with Crippen LogP contribution >= 0.6 is 11.8 Å². The van der Waals surface area contributed by atoms with Crippen LogP contribution in [0.1, 0.15) is 18.9 Å². The molecule has 0 spiro atoms. The second-order valence-electron chi connectivity index (χ2n) is 6.27. The Hall–Kier alpha value is -1.69. The van der Waals surface area contributed by atoms with Crippen molar-refractivity contribution in [1.82, 2.24) is 9.80 Å². The molecule has 0 radical (unpaired) electrons. The Balaban J connectivity index is 1.45. The summed E-state index contributed by atoms with van der Waals surface area (Å²) >= 11 is 1.85. The highest BCUT2D eigenvalue weighted by molar-refractivity contribution is 8.14. The van der Waals surface area contributed by atoms with E-state index in [9.17, 15) is 4.79 Å². The van der Waals surface area contributed by atoms with Crippen LogP contribution < -0.4 is 4.74 Å². The Morgan fingerprint density at radius 1 is 1.33 bits per heavy atom. The van der Waals surface area contributed by atoms with Crippen molar-refractivity contribution in [3.05, 3.63) is 29.8 Å². The van der Waals surface area contributed by atoms with Gasteiger partial charge in [-0.25, -0.2) is 0 Å². The first-order chi connectivity index (χ1) is 11.7. The number of hydrogen-bond donors (Lipinski definition) is 0. The summed E-state index contributed by atoms with van der Waals surface area (Å²) in [5.41, 5.74) is 1.15. The molecule has 0 aromatic heterocycles. The fourth-order valence-corrected chi connectivity index (χ4v) is 4.01. The smallest absolute Gasteiger partial charge is 0.223 e. The predicted molar refractivity (Wildman–Crippen MR) is 98.8 cm³/mol. The minimum Gasteiger partial charge on any atom is -0.497 e. The number of methoxy groups -OCH3 is 1. The molecule has 5 nitrogen and oxygen atoms in total. The molecule has 1 aromatic rings. The molecule has 1 fully saturated rings. The van der Waals surface area contributed by atoms with Crippen LogP contribution in [-0.2, 0) is 11.2 Å². The molecule has 130 valence electrons. The number of amides is 1.